The first-order valence-corrected chi connectivity index (χ1v) is 13.2. The average Bonchev–Trinajstić information content (AvgIpc) is 2.74. The van der Waals surface area contributed by atoms with Crippen molar-refractivity contribution in [2.24, 2.45) is 0 Å². The van der Waals surface area contributed by atoms with E-state index in [1.54, 1.807) is 6.92 Å². The minimum absolute atomic E-state index is 0.0257. The standard InChI is InChI=1S/C23H28Cl2FN3O4S/c1-5-15(2)27-23(31)16(3)28(13-17-6-8-20(26)9-7-17)22(30)14-29(34(4,32)33)21-11-18(24)10-19(25)12-21/h6-12,15-16H,5,13-14H2,1-4H3,(H,27,31)/t15-,16+/m1/s1. The number of rotatable bonds is 10. The van der Waals surface area contributed by atoms with Crippen molar-refractivity contribution in [3.05, 3.63) is 63.9 Å². The Morgan fingerprint density at radius 2 is 1.62 bits per heavy atom. The number of hydrogen-bond acceptors (Lipinski definition) is 4. The van der Waals surface area contributed by atoms with E-state index in [0.717, 1.165) is 10.6 Å². The van der Waals surface area contributed by atoms with Gasteiger partial charge in [-0.05, 0) is 56.2 Å². The minimum atomic E-state index is -3.91. The van der Waals surface area contributed by atoms with E-state index in [2.05, 4.69) is 5.32 Å². The zero-order valence-electron chi connectivity index (χ0n) is 19.4. The molecule has 0 aliphatic heterocycles. The second-order valence-electron chi connectivity index (χ2n) is 8.04. The molecule has 186 valence electrons. The van der Waals surface area contributed by atoms with Gasteiger partial charge < -0.3 is 10.2 Å². The molecular weight excluding hydrogens is 504 g/mol. The Hall–Kier alpha value is -2.36. The van der Waals surface area contributed by atoms with E-state index < -0.39 is 34.3 Å². The van der Waals surface area contributed by atoms with Crippen LogP contribution in [0.4, 0.5) is 10.1 Å². The van der Waals surface area contributed by atoms with Crippen LogP contribution in [0.25, 0.3) is 0 Å². The molecule has 7 nitrogen and oxygen atoms in total. The molecule has 2 atom stereocenters. The number of hydrogen-bond donors (Lipinski definition) is 1. The van der Waals surface area contributed by atoms with E-state index in [-0.39, 0.29) is 34.2 Å². The molecule has 0 heterocycles. The van der Waals surface area contributed by atoms with E-state index in [1.165, 1.54) is 47.4 Å². The van der Waals surface area contributed by atoms with Crippen molar-refractivity contribution in [3.63, 3.8) is 0 Å². The smallest absolute Gasteiger partial charge is 0.244 e. The largest absolute Gasteiger partial charge is 0.352 e. The third kappa shape index (κ3) is 7.85. The summed E-state index contributed by atoms with van der Waals surface area (Å²) in [5.74, 6) is -1.45. The van der Waals surface area contributed by atoms with Crippen LogP contribution >= 0.6 is 23.2 Å². The number of amides is 2. The number of halogens is 3. The summed E-state index contributed by atoms with van der Waals surface area (Å²) in [6.07, 6.45) is 1.65. The summed E-state index contributed by atoms with van der Waals surface area (Å²) in [4.78, 5) is 27.5. The summed E-state index contributed by atoms with van der Waals surface area (Å²) < 4.78 is 39.3. The summed E-state index contributed by atoms with van der Waals surface area (Å²) in [7, 11) is -3.91. The molecule has 1 N–H and O–H groups in total. The minimum Gasteiger partial charge on any atom is -0.352 e. The third-order valence-electron chi connectivity index (χ3n) is 5.25. The van der Waals surface area contributed by atoms with Gasteiger partial charge in [0.1, 0.15) is 18.4 Å². The molecule has 0 aliphatic carbocycles. The van der Waals surface area contributed by atoms with Crippen LogP contribution in [0, 0.1) is 5.82 Å². The van der Waals surface area contributed by atoms with Crippen molar-refractivity contribution >= 4 is 50.7 Å². The van der Waals surface area contributed by atoms with Crippen LogP contribution in [0.3, 0.4) is 0 Å². The lowest BCUT2D eigenvalue weighted by Gasteiger charge is -2.32. The third-order valence-corrected chi connectivity index (χ3v) is 6.83. The van der Waals surface area contributed by atoms with Gasteiger partial charge in [0.25, 0.3) is 0 Å². The highest BCUT2D eigenvalue weighted by Crippen LogP contribution is 2.27. The summed E-state index contributed by atoms with van der Waals surface area (Å²) in [5, 5.41) is 3.23. The van der Waals surface area contributed by atoms with Crippen molar-refractivity contribution in [2.75, 3.05) is 17.1 Å². The number of nitrogens with one attached hydrogen (secondary N) is 1. The maximum Gasteiger partial charge on any atom is 0.244 e. The van der Waals surface area contributed by atoms with Crippen LogP contribution in [-0.2, 0) is 26.2 Å². The molecule has 2 aromatic rings. The SMILES string of the molecule is CC[C@@H](C)NC(=O)[C@H](C)N(Cc1ccc(F)cc1)C(=O)CN(c1cc(Cl)cc(Cl)c1)S(C)(=O)=O. The highest BCUT2D eigenvalue weighted by Gasteiger charge is 2.30. The molecule has 0 unspecified atom stereocenters. The Bertz CT molecular complexity index is 1110. The Morgan fingerprint density at radius 3 is 2.12 bits per heavy atom. The fourth-order valence-electron chi connectivity index (χ4n) is 3.13. The average molecular weight is 532 g/mol. The molecule has 0 radical (unpaired) electrons. The van der Waals surface area contributed by atoms with Gasteiger partial charge in [0, 0.05) is 22.6 Å². The van der Waals surface area contributed by atoms with Gasteiger partial charge in [-0.1, -0.05) is 42.3 Å². The van der Waals surface area contributed by atoms with Crippen LogP contribution in [0.1, 0.15) is 32.8 Å². The Balaban J connectivity index is 2.41. The second-order valence-corrected chi connectivity index (χ2v) is 10.8. The van der Waals surface area contributed by atoms with Gasteiger partial charge in [0.05, 0.1) is 11.9 Å². The van der Waals surface area contributed by atoms with Crippen molar-refractivity contribution in [1.82, 2.24) is 10.2 Å². The van der Waals surface area contributed by atoms with Crippen LogP contribution in [0.5, 0.6) is 0 Å². The van der Waals surface area contributed by atoms with Crippen LogP contribution < -0.4 is 9.62 Å². The zero-order chi connectivity index (χ0) is 25.6. The number of anilines is 1. The predicted octanol–water partition coefficient (Wildman–Crippen LogP) is 4.23. The quantitative estimate of drug-likeness (QED) is 0.496. The van der Waals surface area contributed by atoms with E-state index in [4.69, 9.17) is 23.2 Å². The Labute approximate surface area is 209 Å². The number of nitrogens with zero attached hydrogens (tertiary/aromatic N) is 2. The monoisotopic (exact) mass is 531 g/mol. The van der Waals surface area contributed by atoms with Crippen molar-refractivity contribution < 1.29 is 22.4 Å². The van der Waals surface area contributed by atoms with Gasteiger partial charge in [-0.3, -0.25) is 13.9 Å². The summed E-state index contributed by atoms with van der Waals surface area (Å²) in [6.45, 7) is 4.70. The van der Waals surface area contributed by atoms with E-state index in [0.29, 0.717) is 12.0 Å². The molecule has 2 aromatic carbocycles. The van der Waals surface area contributed by atoms with Crippen LogP contribution in [0.2, 0.25) is 10.0 Å². The van der Waals surface area contributed by atoms with Gasteiger partial charge in [0.2, 0.25) is 21.8 Å². The molecule has 34 heavy (non-hydrogen) atoms. The Kier molecular flexibility index (Phi) is 9.73. The number of carbonyl (C=O) groups excluding carboxylic acids is 2. The van der Waals surface area contributed by atoms with Crippen LogP contribution in [-0.4, -0.2) is 50.0 Å². The van der Waals surface area contributed by atoms with Crippen molar-refractivity contribution in [2.45, 2.75) is 45.8 Å². The molecule has 2 rings (SSSR count). The van der Waals surface area contributed by atoms with Crippen LogP contribution in [0.15, 0.2) is 42.5 Å². The summed E-state index contributed by atoms with van der Waals surface area (Å²) in [6, 6.07) is 8.67. The molecule has 0 bridgehead atoms. The molecule has 0 aromatic heterocycles. The molecule has 0 saturated heterocycles. The number of sulfonamides is 1. The maximum absolute atomic E-state index is 13.4. The zero-order valence-corrected chi connectivity index (χ0v) is 21.7. The van der Waals surface area contributed by atoms with E-state index in [1.807, 2.05) is 13.8 Å². The first-order valence-electron chi connectivity index (χ1n) is 10.6. The maximum atomic E-state index is 13.4. The van der Waals surface area contributed by atoms with E-state index >= 15 is 0 Å². The van der Waals surface area contributed by atoms with Crippen molar-refractivity contribution in [3.8, 4) is 0 Å². The fourth-order valence-corrected chi connectivity index (χ4v) is 4.48. The molecule has 11 heteroatoms. The molecular formula is C23H28Cl2FN3O4S. The topological polar surface area (TPSA) is 86.8 Å². The Morgan fingerprint density at radius 1 is 1.06 bits per heavy atom. The highest BCUT2D eigenvalue weighted by atomic mass is 35.5. The normalized spacial score (nSPS) is 13.1. The molecule has 0 saturated carbocycles. The lowest BCUT2D eigenvalue weighted by atomic mass is 10.1. The number of carbonyl (C=O) groups is 2. The molecule has 0 spiro atoms. The second kappa shape index (κ2) is 11.9. The molecule has 0 aliphatic rings. The van der Waals surface area contributed by atoms with Gasteiger partial charge in [-0.25, -0.2) is 12.8 Å². The summed E-state index contributed by atoms with van der Waals surface area (Å²) >= 11 is 12.1. The van der Waals surface area contributed by atoms with Gasteiger partial charge in [0.15, 0.2) is 0 Å². The lowest BCUT2D eigenvalue weighted by molar-refractivity contribution is -0.139. The van der Waals surface area contributed by atoms with Gasteiger partial charge in [-0.2, -0.15) is 0 Å². The van der Waals surface area contributed by atoms with Crippen molar-refractivity contribution in [1.29, 1.82) is 0 Å². The summed E-state index contributed by atoms with van der Waals surface area (Å²) in [5.41, 5.74) is 0.696. The first kappa shape index (κ1) is 27.9. The van der Waals surface area contributed by atoms with E-state index in [9.17, 15) is 22.4 Å². The first-order chi connectivity index (χ1) is 15.8. The van der Waals surface area contributed by atoms with Gasteiger partial charge in [-0.15, -0.1) is 0 Å². The molecule has 0 fully saturated rings. The predicted molar refractivity (Wildman–Crippen MR) is 133 cm³/mol. The van der Waals surface area contributed by atoms with Gasteiger partial charge >= 0.3 is 0 Å². The molecule has 2 amide bonds. The number of benzene rings is 2. The highest BCUT2D eigenvalue weighted by molar-refractivity contribution is 7.92. The lowest BCUT2D eigenvalue weighted by Crippen LogP contribution is -2.52. The fraction of sp³-hybridized carbons (Fsp3) is 0.391.